The van der Waals surface area contributed by atoms with E-state index in [1.54, 1.807) is 36.3 Å². The first kappa shape index (κ1) is 24.9. The van der Waals surface area contributed by atoms with E-state index in [1.165, 1.54) is 0 Å². The third-order valence-corrected chi connectivity index (χ3v) is 6.01. The fraction of sp³-hybridized carbons (Fsp3) is 0.296. The molecule has 1 heterocycles. The minimum absolute atomic E-state index is 0.313. The Balaban J connectivity index is 1.57. The molecular formula is C27H30ClN3O4. The Morgan fingerprint density at radius 2 is 1.69 bits per heavy atom. The molecule has 1 fully saturated rings. The van der Waals surface area contributed by atoms with Gasteiger partial charge in [-0.1, -0.05) is 23.7 Å². The number of halogens is 1. The molecule has 184 valence electrons. The fourth-order valence-electron chi connectivity index (χ4n) is 4.00. The first-order valence-corrected chi connectivity index (χ1v) is 11.8. The van der Waals surface area contributed by atoms with Gasteiger partial charge in [-0.3, -0.25) is 4.90 Å². The molecule has 0 bridgehead atoms. The molecule has 3 aromatic rings. The molecule has 0 spiro atoms. The van der Waals surface area contributed by atoms with Crippen molar-refractivity contribution in [1.29, 1.82) is 0 Å². The van der Waals surface area contributed by atoms with Gasteiger partial charge in [-0.2, -0.15) is 0 Å². The van der Waals surface area contributed by atoms with Crippen LogP contribution >= 0.6 is 11.6 Å². The van der Waals surface area contributed by atoms with Crippen LogP contribution in [0.15, 0.2) is 72.8 Å². The maximum absolute atomic E-state index is 13.1. The summed E-state index contributed by atoms with van der Waals surface area (Å²) in [6, 6.07) is 22.0. The zero-order chi connectivity index (χ0) is 24.8. The van der Waals surface area contributed by atoms with Crippen molar-refractivity contribution in [3.05, 3.63) is 83.4 Å². The summed E-state index contributed by atoms with van der Waals surface area (Å²) in [5.74, 6) is 2.07. The Morgan fingerprint density at radius 3 is 2.34 bits per heavy atom. The first-order chi connectivity index (χ1) is 16.9. The second-order valence-corrected chi connectivity index (χ2v) is 9.01. The number of nitrogens with one attached hydrogen (secondary N) is 1. The van der Waals surface area contributed by atoms with Gasteiger partial charge in [0.2, 0.25) is 0 Å². The molecule has 7 nitrogen and oxygen atoms in total. The molecule has 0 aliphatic carbocycles. The predicted octanol–water partition coefficient (Wildman–Crippen LogP) is 5.36. The monoisotopic (exact) mass is 495 g/mol. The highest BCUT2D eigenvalue weighted by atomic mass is 35.5. The number of carbonyl (C=O) groups excluding carboxylic acids is 1. The molecule has 1 amide bonds. The van der Waals surface area contributed by atoms with Gasteiger partial charge >= 0.3 is 6.09 Å². The van der Waals surface area contributed by atoms with E-state index in [1.807, 2.05) is 62.6 Å². The number of methoxy groups -OCH3 is 1. The Kier molecular flexibility index (Phi) is 8.13. The van der Waals surface area contributed by atoms with Crippen LogP contribution in [-0.4, -0.2) is 57.9 Å². The third-order valence-electron chi connectivity index (χ3n) is 5.76. The van der Waals surface area contributed by atoms with E-state index in [2.05, 4.69) is 10.2 Å². The van der Waals surface area contributed by atoms with Crippen LogP contribution in [0.25, 0.3) is 0 Å². The maximum Gasteiger partial charge on any atom is 0.415 e. The maximum atomic E-state index is 13.1. The molecule has 0 unspecified atom stereocenters. The van der Waals surface area contributed by atoms with E-state index in [0.29, 0.717) is 23.1 Å². The average molecular weight is 496 g/mol. The number of rotatable bonds is 10. The van der Waals surface area contributed by atoms with Crippen molar-refractivity contribution in [3.8, 4) is 17.2 Å². The van der Waals surface area contributed by atoms with Crippen LogP contribution in [0.4, 0.5) is 10.5 Å². The molecule has 1 aliphatic rings. The lowest BCUT2D eigenvalue weighted by Crippen LogP contribution is -2.37. The zero-order valence-electron chi connectivity index (χ0n) is 20.1. The summed E-state index contributed by atoms with van der Waals surface area (Å²) in [5.41, 5.74) is 1.66. The summed E-state index contributed by atoms with van der Waals surface area (Å²) in [6.45, 7) is 2.22. The lowest BCUT2D eigenvalue weighted by atomic mass is 9.99. The zero-order valence-corrected chi connectivity index (χ0v) is 20.9. The number of hydrogen-bond acceptors (Lipinski definition) is 6. The molecule has 4 rings (SSSR count). The normalized spacial score (nSPS) is 17.5. The third kappa shape index (κ3) is 6.25. The van der Waals surface area contributed by atoms with Crippen molar-refractivity contribution in [2.24, 2.45) is 0 Å². The number of ether oxygens (including phenoxy) is 3. The van der Waals surface area contributed by atoms with Gasteiger partial charge in [-0.25, -0.2) is 4.79 Å². The van der Waals surface area contributed by atoms with Crippen molar-refractivity contribution in [3.63, 3.8) is 0 Å². The van der Waals surface area contributed by atoms with E-state index in [0.717, 1.165) is 30.1 Å². The van der Waals surface area contributed by atoms with Crippen LogP contribution in [0.1, 0.15) is 11.6 Å². The Bertz CT molecular complexity index is 1120. The van der Waals surface area contributed by atoms with Crippen molar-refractivity contribution < 1.29 is 19.0 Å². The summed E-state index contributed by atoms with van der Waals surface area (Å²) < 4.78 is 17.2. The van der Waals surface area contributed by atoms with Crippen LogP contribution in [0.5, 0.6) is 17.2 Å². The number of amides is 1. The molecule has 0 saturated carbocycles. The largest absolute Gasteiger partial charge is 0.497 e. The number of likely N-dealkylation sites (N-methyl/N-ethyl adjacent to an activating group) is 1. The summed E-state index contributed by atoms with van der Waals surface area (Å²) in [5, 5.41) is 4.06. The van der Waals surface area contributed by atoms with E-state index < -0.39 is 0 Å². The smallest absolute Gasteiger partial charge is 0.415 e. The van der Waals surface area contributed by atoms with Gasteiger partial charge in [0.15, 0.2) is 0 Å². The molecule has 8 heteroatoms. The van der Waals surface area contributed by atoms with E-state index in [4.69, 9.17) is 25.8 Å². The quantitative estimate of drug-likeness (QED) is 0.382. The Labute approximate surface area is 211 Å². The van der Waals surface area contributed by atoms with Gasteiger partial charge in [0.1, 0.15) is 29.4 Å². The standard InChI is InChI=1S/C27H30ClN3O4/c1-30(2)16-15-29-18-25-26(19-5-4-6-24(17-19)33-3)31(27(32)35-25)21-9-13-23(14-10-21)34-22-11-7-20(28)8-12-22/h4-14,17,25-26,29H,15-16,18H2,1-3H3/t25-,26-/m0/s1. The van der Waals surface area contributed by atoms with Crippen LogP contribution in [0.3, 0.4) is 0 Å². The van der Waals surface area contributed by atoms with Gasteiger partial charge in [0.25, 0.3) is 0 Å². The van der Waals surface area contributed by atoms with E-state index >= 15 is 0 Å². The molecule has 1 saturated heterocycles. The summed E-state index contributed by atoms with van der Waals surface area (Å²) in [7, 11) is 5.68. The molecule has 0 radical (unpaired) electrons. The van der Waals surface area contributed by atoms with Gasteiger partial charge in [0, 0.05) is 30.3 Å². The fourth-order valence-corrected chi connectivity index (χ4v) is 4.13. The van der Waals surface area contributed by atoms with Gasteiger partial charge in [-0.05, 0) is 80.3 Å². The molecule has 0 aromatic heterocycles. The lowest BCUT2D eigenvalue weighted by Gasteiger charge is -2.26. The minimum Gasteiger partial charge on any atom is -0.497 e. The van der Waals surface area contributed by atoms with Gasteiger partial charge < -0.3 is 24.4 Å². The van der Waals surface area contributed by atoms with Crippen LogP contribution in [-0.2, 0) is 4.74 Å². The van der Waals surface area contributed by atoms with E-state index in [-0.39, 0.29) is 18.2 Å². The first-order valence-electron chi connectivity index (χ1n) is 11.5. The Morgan fingerprint density at radius 1 is 1.00 bits per heavy atom. The van der Waals surface area contributed by atoms with Crippen molar-refractivity contribution in [2.75, 3.05) is 45.7 Å². The molecule has 2 atom stereocenters. The average Bonchev–Trinajstić information content (AvgIpc) is 3.19. The van der Waals surface area contributed by atoms with E-state index in [9.17, 15) is 4.79 Å². The number of benzene rings is 3. The number of hydrogen-bond donors (Lipinski definition) is 1. The summed E-state index contributed by atoms with van der Waals surface area (Å²) >= 11 is 5.95. The lowest BCUT2D eigenvalue weighted by molar-refractivity contribution is 0.130. The molecule has 1 aliphatic heterocycles. The highest BCUT2D eigenvalue weighted by molar-refractivity contribution is 6.30. The van der Waals surface area contributed by atoms with Crippen molar-refractivity contribution >= 4 is 23.4 Å². The highest BCUT2D eigenvalue weighted by Crippen LogP contribution is 2.39. The Hall–Kier alpha value is -3.26. The number of anilines is 1. The molecular weight excluding hydrogens is 466 g/mol. The molecule has 3 aromatic carbocycles. The molecule has 1 N–H and O–H groups in total. The number of carbonyl (C=O) groups is 1. The van der Waals surface area contributed by atoms with Crippen molar-refractivity contribution in [1.82, 2.24) is 10.2 Å². The minimum atomic E-state index is -0.386. The van der Waals surface area contributed by atoms with Gasteiger partial charge in [-0.15, -0.1) is 0 Å². The highest BCUT2D eigenvalue weighted by Gasteiger charge is 2.43. The summed E-state index contributed by atoms with van der Waals surface area (Å²) in [6.07, 6.45) is -0.745. The number of cyclic esters (lactones) is 1. The topological polar surface area (TPSA) is 63.3 Å². The summed E-state index contributed by atoms with van der Waals surface area (Å²) in [4.78, 5) is 16.9. The SMILES string of the molecule is COc1cccc([C@H]2[C@H](CNCCN(C)C)OC(=O)N2c2ccc(Oc3ccc(Cl)cc3)cc2)c1. The van der Waals surface area contributed by atoms with Crippen LogP contribution in [0.2, 0.25) is 5.02 Å². The molecule has 35 heavy (non-hydrogen) atoms. The van der Waals surface area contributed by atoms with Crippen molar-refractivity contribution in [2.45, 2.75) is 12.1 Å². The second kappa shape index (κ2) is 11.4. The number of nitrogens with zero attached hydrogens (tertiary/aromatic N) is 2. The predicted molar refractivity (Wildman–Crippen MR) is 138 cm³/mol. The van der Waals surface area contributed by atoms with Crippen LogP contribution < -0.4 is 19.7 Å². The van der Waals surface area contributed by atoms with Gasteiger partial charge in [0.05, 0.1) is 7.11 Å². The second-order valence-electron chi connectivity index (χ2n) is 8.57. The van der Waals surface area contributed by atoms with Crippen LogP contribution in [0, 0.1) is 0 Å².